The highest BCUT2D eigenvalue weighted by Gasteiger charge is 2.40. The fraction of sp³-hybridized carbons (Fsp3) is 0.529. The SMILES string of the molecule is COc1cc(N2CCC3CCN(c4ncnc(C)c4F)C3C2)ncn1. The molecule has 2 fully saturated rings. The Morgan fingerprint density at radius 1 is 1.12 bits per heavy atom. The summed E-state index contributed by atoms with van der Waals surface area (Å²) >= 11 is 0. The Labute approximate surface area is 145 Å². The minimum absolute atomic E-state index is 0.221. The van der Waals surface area contributed by atoms with Gasteiger partial charge in [0.15, 0.2) is 11.6 Å². The highest BCUT2D eigenvalue weighted by molar-refractivity contribution is 5.47. The molecular formula is C17H21FN6O. The lowest BCUT2D eigenvalue weighted by Gasteiger charge is -2.39. The summed E-state index contributed by atoms with van der Waals surface area (Å²) in [7, 11) is 1.59. The Kier molecular flexibility index (Phi) is 4.10. The van der Waals surface area contributed by atoms with Gasteiger partial charge in [0.05, 0.1) is 18.8 Å². The van der Waals surface area contributed by atoms with Gasteiger partial charge < -0.3 is 14.5 Å². The normalized spacial score (nSPS) is 22.8. The van der Waals surface area contributed by atoms with Gasteiger partial charge in [-0.1, -0.05) is 0 Å². The van der Waals surface area contributed by atoms with E-state index < -0.39 is 0 Å². The van der Waals surface area contributed by atoms with Crippen LogP contribution in [-0.2, 0) is 0 Å². The maximum atomic E-state index is 14.5. The van der Waals surface area contributed by atoms with E-state index in [2.05, 4.69) is 29.7 Å². The lowest BCUT2D eigenvalue weighted by molar-refractivity contribution is 0.382. The van der Waals surface area contributed by atoms with Crippen molar-refractivity contribution in [3.63, 3.8) is 0 Å². The third-order valence-electron chi connectivity index (χ3n) is 5.24. The predicted octanol–water partition coefficient (Wildman–Crippen LogP) is 1.83. The van der Waals surface area contributed by atoms with Crippen molar-refractivity contribution >= 4 is 11.6 Å². The Morgan fingerprint density at radius 2 is 1.92 bits per heavy atom. The third-order valence-corrected chi connectivity index (χ3v) is 5.24. The molecule has 0 aliphatic carbocycles. The van der Waals surface area contributed by atoms with Crippen LogP contribution in [-0.4, -0.2) is 52.7 Å². The number of piperidine rings is 1. The first-order valence-corrected chi connectivity index (χ1v) is 8.52. The zero-order chi connectivity index (χ0) is 17.4. The highest BCUT2D eigenvalue weighted by Crippen LogP contribution is 2.36. The zero-order valence-corrected chi connectivity index (χ0v) is 14.4. The number of halogens is 1. The lowest BCUT2D eigenvalue weighted by atomic mass is 9.92. The average Bonchev–Trinajstić information content (AvgIpc) is 3.07. The number of hydrogen-bond donors (Lipinski definition) is 0. The number of ether oxygens (including phenoxy) is 1. The van der Waals surface area contributed by atoms with Crippen LogP contribution >= 0.6 is 0 Å². The number of aromatic nitrogens is 4. The molecule has 2 aromatic heterocycles. The van der Waals surface area contributed by atoms with Crippen LogP contribution in [0.4, 0.5) is 16.0 Å². The van der Waals surface area contributed by atoms with Crippen LogP contribution in [0.15, 0.2) is 18.7 Å². The van der Waals surface area contributed by atoms with Crippen molar-refractivity contribution in [2.24, 2.45) is 5.92 Å². The lowest BCUT2D eigenvalue weighted by Crippen LogP contribution is -2.49. The molecule has 0 amide bonds. The molecule has 2 aromatic rings. The predicted molar refractivity (Wildman–Crippen MR) is 91.4 cm³/mol. The summed E-state index contributed by atoms with van der Waals surface area (Å²) in [5, 5.41) is 0. The fourth-order valence-electron chi connectivity index (χ4n) is 3.87. The van der Waals surface area contributed by atoms with Crippen molar-refractivity contribution in [3.05, 3.63) is 30.2 Å². The van der Waals surface area contributed by atoms with E-state index in [0.29, 0.717) is 23.3 Å². The van der Waals surface area contributed by atoms with E-state index in [1.165, 1.54) is 12.7 Å². The zero-order valence-electron chi connectivity index (χ0n) is 14.4. The van der Waals surface area contributed by atoms with Gasteiger partial charge in [-0.25, -0.2) is 24.3 Å². The topological polar surface area (TPSA) is 67.3 Å². The maximum absolute atomic E-state index is 14.5. The molecule has 8 heteroatoms. The molecule has 7 nitrogen and oxygen atoms in total. The Morgan fingerprint density at radius 3 is 2.76 bits per heavy atom. The van der Waals surface area contributed by atoms with Gasteiger partial charge >= 0.3 is 0 Å². The second kappa shape index (κ2) is 6.42. The van der Waals surface area contributed by atoms with Crippen LogP contribution in [0.25, 0.3) is 0 Å². The van der Waals surface area contributed by atoms with Gasteiger partial charge in [-0.05, 0) is 25.7 Å². The smallest absolute Gasteiger partial charge is 0.218 e. The standard InChI is InChI=1S/C17H21FN6O/c1-11-16(18)17(22-9-19-11)24-6-4-12-3-5-23(8-13(12)24)14-7-15(25-2)21-10-20-14/h7,9-10,12-13H,3-6,8H2,1-2H3. The number of fused-ring (bicyclic) bond motifs is 1. The summed E-state index contributed by atoms with van der Waals surface area (Å²) in [6.45, 7) is 4.21. The number of rotatable bonds is 3. The van der Waals surface area contributed by atoms with Crippen molar-refractivity contribution in [2.45, 2.75) is 25.8 Å². The number of methoxy groups -OCH3 is 1. The minimum Gasteiger partial charge on any atom is -0.481 e. The van der Waals surface area contributed by atoms with E-state index in [9.17, 15) is 4.39 Å². The van der Waals surface area contributed by atoms with Gasteiger partial charge in [-0.3, -0.25) is 0 Å². The molecule has 132 valence electrons. The highest BCUT2D eigenvalue weighted by atomic mass is 19.1. The Balaban J connectivity index is 1.59. The van der Waals surface area contributed by atoms with Crippen LogP contribution in [0, 0.1) is 18.7 Å². The van der Waals surface area contributed by atoms with Crippen LogP contribution in [0.5, 0.6) is 5.88 Å². The second-order valence-corrected chi connectivity index (χ2v) is 6.56. The van der Waals surface area contributed by atoms with Crippen LogP contribution in [0.1, 0.15) is 18.5 Å². The second-order valence-electron chi connectivity index (χ2n) is 6.56. The summed E-state index contributed by atoms with van der Waals surface area (Å²) in [5.74, 6) is 2.05. The van der Waals surface area contributed by atoms with E-state index >= 15 is 0 Å². The molecule has 0 radical (unpaired) electrons. The number of hydrogen-bond acceptors (Lipinski definition) is 7. The van der Waals surface area contributed by atoms with Crippen LogP contribution in [0.3, 0.4) is 0 Å². The monoisotopic (exact) mass is 344 g/mol. The van der Waals surface area contributed by atoms with Crippen LogP contribution < -0.4 is 14.5 Å². The average molecular weight is 344 g/mol. The molecule has 0 aromatic carbocycles. The molecular weight excluding hydrogens is 323 g/mol. The first-order chi connectivity index (χ1) is 12.2. The van der Waals surface area contributed by atoms with E-state index in [-0.39, 0.29) is 11.9 Å². The van der Waals surface area contributed by atoms with Crippen molar-refractivity contribution in [3.8, 4) is 5.88 Å². The molecule has 0 N–H and O–H groups in total. The summed E-state index contributed by atoms with van der Waals surface area (Å²) in [4.78, 5) is 20.9. The van der Waals surface area contributed by atoms with Gasteiger partial charge in [-0.15, -0.1) is 0 Å². The molecule has 2 atom stereocenters. The molecule has 4 heterocycles. The summed E-state index contributed by atoms with van der Waals surface area (Å²) in [5.41, 5.74) is 0.390. The Bertz CT molecular complexity index is 773. The van der Waals surface area contributed by atoms with E-state index in [1.54, 1.807) is 14.0 Å². The van der Waals surface area contributed by atoms with Crippen molar-refractivity contribution < 1.29 is 9.13 Å². The molecule has 2 unspecified atom stereocenters. The van der Waals surface area contributed by atoms with Gasteiger partial charge in [-0.2, -0.15) is 0 Å². The fourth-order valence-corrected chi connectivity index (χ4v) is 3.87. The van der Waals surface area contributed by atoms with Crippen molar-refractivity contribution in [1.29, 1.82) is 0 Å². The van der Waals surface area contributed by atoms with Crippen molar-refractivity contribution in [1.82, 2.24) is 19.9 Å². The minimum atomic E-state index is -0.316. The van der Waals surface area contributed by atoms with Crippen LogP contribution in [0.2, 0.25) is 0 Å². The quantitative estimate of drug-likeness (QED) is 0.841. The van der Waals surface area contributed by atoms with Gasteiger partial charge in [0.25, 0.3) is 0 Å². The maximum Gasteiger partial charge on any atom is 0.218 e. The molecule has 0 spiro atoms. The van der Waals surface area contributed by atoms with Gasteiger partial charge in [0, 0.05) is 25.7 Å². The molecule has 2 aliphatic heterocycles. The Hall–Kier alpha value is -2.51. The van der Waals surface area contributed by atoms with E-state index in [0.717, 1.165) is 38.3 Å². The van der Waals surface area contributed by atoms with Gasteiger partial charge in [0.1, 0.15) is 18.5 Å². The molecule has 25 heavy (non-hydrogen) atoms. The first kappa shape index (κ1) is 16.0. The number of anilines is 2. The molecule has 0 bridgehead atoms. The molecule has 2 saturated heterocycles. The summed E-state index contributed by atoms with van der Waals surface area (Å²) in [6.07, 6.45) is 5.07. The molecule has 0 saturated carbocycles. The number of aryl methyl sites for hydroxylation is 1. The van der Waals surface area contributed by atoms with Crippen molar-refractivity contribution in [2.75, 3.05) is 36.5 Å². The summed E-state index contributed by atoms with van der Waals surface area (Å²) < 4.78 is 19.7. The molecule has 4 rings (SSSR count). The first-order valence-electron chi connectivity index (χ1n) is 8.52. The molecule has 2 aliphatic rings. The van der Waals surface area contributed by atoms with E-state index in [1.807, 2.05) is 6.07 Å². The summed E-state index contributed by atoms with van der Waals surface area (Å²) in [6, 6.07) is 2.06. The number of nitrogens with zero attached hydrogens (tertiary/aromatic N) is 6. The largest absolute Gasteiger partial charge is 0.481 e. The van der Waals surface area contributed by atoms with Gasteiger partial charge in [0.2, 0.25) is 5.88 Å². The third kappa shape index (κ3) is 2.85. The van der Waals surface area contributed by atoms with E-state index in [4.69, 9.17) is 4.74 Å².